The van der Waals surface area contributed by atoms with Gasteiger partial charge in [0.2, 0.25) is 10.0 Å². The number of carbonyl (C=O) groups excluding carboxylic acids is 1. The van der Waals surface area contributed by atoms with E-state index in [1.807, 2.05) is 0 Å². The van der Waals surface area contributed by atoms with Crippen LogP contribution in [0.5, 0.6) is 0 Å². The van der Waals surface area contributed by atoms with Crippen molar-refractivity contribution in [2.24, 2.45) is 5.92 Å². The van der Waals surface area contributed by atoms with Crippen molar-refractivity contribution in [2.75, 3.05) is 13.1 Å². The van der Waals surface area contributed by atoms with Crippen molar-refractivity contribution in [3.63, 3.8) is 0 Å². The molecule has 1 saturated heterocycles. The lowest BCUT2D eigenvalue weighted by Crippen LogP contribution is -2.38. The Bertz CT molecular complexity index is 519. The Labute approximate surface area is 112 Å². The van der Waals surface area contributed by atoms with Gasteiger partial charge in [0.05, 0.1) is 4.90 Å². The summed E-state index contributed by atoms with van der Waals surface area (Å²) in [7, 11) is -3.45. The molecule has 1 fully saturated rings. The summed E-state index contributed by atoms with van der Waals surface area (Å²) in [4.78, 5) is 10.9. The zero-order valence-electron chi connectivity index (χ0n) is 9.75. The lowest BCUT2D eigenvalue weighted by atomic mass is 10.0. The number of aldehydes is 1. The SMILES string of the molecule is O=CC1CCN(S(=O)(=O)c2ccc(Cl)cc2)CC1. The van der Waals surface area contributed by atoms with E-state index in [4.69, 9.17) is 11.6 Å². The topological polar surface area (TPSA) is 54.5 Å². The molecule has 0 saturated carbocycles. The molecule has 4 nitrogen and oxygen atoms in total. The molecule has 0 radical (unpaired) electrons. The Kier molecular flexibility index (Phi) is 4.04. The van der Waals surface area contributed by atoms with Crippen LogP contribution in [0.15, 0.2) is 29.2 Å². The lowest BCUT2D eigenvalue weighted by Gasteiger charge is -2.28. The predicted octanol–water partition coefficient (Wildman–Crippen LogP) is 1.94. The summed E-state index contributed by atoms with van der Waals surface area (Å²) in [5, 5.41) is 0.508. The maximum absolute atomic E-state index is 12.3. The minimum atomic E-state index is -3.45. The van der Waals surface area contributed by atoms with Crippen LogP contribution in [0.3, 0.4) is 0 Å². The van der Waals surface area contributed by atoms with Crippen molar-refractivity contribution in [1.29, 1.82) is 0 Å². The van der Waals surface area contributed by atoms with Gasteiger partial charge in [0.25, 0.3) is 0 Å². The molecule has 0 bridgehead atoms. The van der Waals surface area contributed by atoms with Crippen LogP contribution >= 0.6 is 11.6 Å². The van der Waals surface area contributed by atoms with Crippen LogP contribution in [0.25, 0.3) is 0 Å². The highest BCUT2D eigenvalue weighted by atomic mass is 35.5. The van der Waals surface area contributed by atoms with Gasteiger partial charge in [-0.05, 0) is 37.1 Å². The fraction of sp³-hybridized carbons (Fsp3) is 0.417. The summed E-state index contributed by atoms with van der Waals surface area (Å²) in [5.74, 6) is -0.0123. The number of sulfonamides is 1. The fourth-order valence-corrected chi connectivity index (χ4v) is 3.60. The van der Waals surface area contributed by atoms with Gasteiger partial charge in [0.15, 0.2) is 0 Å². The second kappa shape index (κ2) is 5.38. The first-order chi connectivity index (χ1) is 8.54. The molecule has 0 aromatic heterocycles. The van der Waals surface area contributed by atoms with Gasteiger partial charge >= 0.3 is 0 Å². The lowest BCUT2D eigenvalue weighted by molar-refractivity contribution is -0.112. The summed E-state index contributed by atoms with van der Waals surface area (Å²) >= 11 is 5.74. The molecule has 0 N–H and O–H groups in total. The average Bonchev–Trinajstić information content (AvgIpc) is 2.39. The molecule has 1 heterocycles. The van der Waals surface area contributed by atoms with Crippen molar-refractivity contribution in [1.82, 2.24) is 4.31 Å². The Balaban J connectivity index is 2.17. The van der Waals surface area contributed by atoms with Crippen LogP contribution in [0.2, 0.25) is 5.02 Å². The van der Waals surface area contributed by atoms with Gasteiger partial charge in [0.1, 0.15) is 6.29 Å². The molecule has 0 aliphatic carbocycles. The van der Waals surface area contributed by atoms with Crippen LogP contribution in [-0.2, 0) is 14.8 Å². The van der Waals surface area contributed by atoms with E-state index >= 15 is 0 Å². The third kappa shape index (κ3) is 2.74. The van der Waals surface area contributed by atoms with Gasteiger partial charge in [0, 0.05) is 24.0 Å². The van der Waals surface area contributed by atoms with E-state index in [1.165, 1.54) is 16.4 Å². The van der Waals surface area contributed by atoms with Gasteiger partial charge in [-0.2, -0.15) is 4.31 Å². The third-order valence-corrected chi connectivity index (χ3v) is 5.31. The quantitative estimate of drug-likeness (QED) is 0.798. The summed E-state index contributed by atoms with van der Waals surface area (Å²) in [6.45, 7) is 0.794. The van der Waals surface area contributed by atoms with E-state index < -0.39 is 10.0 Å². The number of carbonyl (C=O) groups is 1. The molecule has 0 unspecified atom stereocenters. The highest BCUT2D eigenvalue weighted by Gasteiger charge is 2.28. The molecular weight excluding hydrogens is 274 g/mol. The van der Waals surface area contributed by atoms with Crippen molar-refractivity contribution in [2.45, 2.75) is 17.7 Å². The molecule has 0 spiro atoms. The monoisotopic (exact) mass is 287 g/mol. The maximum atomic E-state index is 12.3. The first kappa shape index (κ1) is 13.5. The molecular formula is C12H14ClNO3S. The Morgan fingerprint density at radius 1 is 1.17 bits per heavy atom. The zero-order valence-corrected chi connectivity index (χ0v) is 11.3. The van der Waals surface area contributed by atoms with E-state index in [9.17, 15) is 13.2 Å². The molecule has 1 aromatic rings. The summed E-state index contributed by atoms with van der Waals surface area (Å²) in [6.07, 6.45) is 2.10. The highest BCUT2D eigenvalue weighted by molar-refractivity contribution is 7.89. The Morgan fingerprint density at radius 3 is 2.22 bits per heavy atom. The number of benzene rings is 1. The number of hydrogen-bond donors (Lipinski definition) is 0. The van der Waals surface area contributed by atoms with Crippen LogP contribution in [0.4, 0.5) is 0 Å². The van der Waals surface area contributed by atoms with Crippen LogP contribution < -0.4 is 0 Å². The maximum Gasteiger partial charge on any atom is 0.243 e. The highest BCUT2D eigenvalue weighted by Crippen LogP contribution is 2.23. The van der Waals surface area contributed by atoms with Gasteiger partial charge in [-0.3, -0.25) is 0 Å². The van der Waals surface area contributed by atoms with E-state index in [1.54, 1.807) is 12.1 Å². The standard InChI is InChI=1S/C12H14ClNO3S/c13-11-1-3-12(4-2-11)18(16,17)14-7-5-10(9-15)6-8-14/h1-4,9-10H,5-8H2. The van der Waals surface area contributed by atoms with Crippen molar-refractivity contribution >= 4 is 27.9 Å². The Morgan fingerprint density at radius 2 is 1.72 bits per heavy atom. The minimum Gasteiger partial charge on any atom is -0.303 e. The van der Waals surface area contributed by atoms with Gasteiger partial charge < -0.3 is 4.79 Å². The van der Waals surface area contributed by atoms with Gasteiger partial charge in [-0.1, -0.05) is 11.6 Å². The second-order valence-corrected chi connectivity index (χ2v) is 6.71. The predicted molar refractivity (Wildman–Crippen MR) is 69.0 cm³/mol. The van der Waals surface area contributed by atoms with E-state index in [0.717, 1.165) is 6.29 Å². The number of hydrogen-bond acceptors (Lipinski definition) is 3. The smallest absolute Gasteiger partial charge is 0.243 e. The summed E-state index contributed by atoms with van der Waals surface area (Å²) in [5.41, 5.74) is 0. The number of rotatable bonds is 3. The Hall–Kier alpha value is -0.910. The van der Waals surface area contributed by atoms with Gasteiger partial charge in [-0.15, -0.1) is 0 Å². The molecule has 2 rings (SSSR count). The van der Waals surface area contributed by atoms with E-state index in [2.05, 4.69) is 0 Å². The average molecular weight is 288 g/mol. The number of nitrogens with zero attached hydrogens (tertiary/aromatic N) is 1. The second-order valence-electron chi connectivity index (χ2n) is 4.33. The molecule has 18 heavy (non-hydrogen) atoms. The minimum absolute atomic E-state index is 0.0123. The van der Waals surface area contributed by atoms with Crippen molar-refractivity contribution < 1.29 is 13.2 Å². The van der Waals surface area contributed by atoms with E-state index in [-0.39, 0.29) is 10.8 Å². The number of halogens is 1. The molecule has 0 amide bonds. The molecule has 1 aliphatic rings. The molecule has 6 heteroatoms. The zero-order chi connectivity index (χ0) is 13.2. The first-order valence-corrected chi connectivity index (χ1v) is 7.57. The van der Waals surface area contributed by atoms with Crippen LogP contribution in [0, 0.1) is 5.92 Å². The third-order valence-electron chi connectivity index (χ3n) is 3.14. The van der Waals surface area contributed by atoms with Gasteiger partial charge in [-0.25, -0.2) is 8.42 Å². The van der Waals surface area contributed by atoms with Crippen LogP contribution in [0.1, 0.15) is 12.8 Å². The normalized spacial score (nSPS) is 18.7. The fourth-order valence-electron chi connectivity index (χ4n) is 2.01. The number of piperidine rings is 1. The summed E-state index contributed by atoms with van der Waals surface area (Å²) in [6, 6.07) is 6.13. The summed E-state index contributed by atoms with van der Waals surface area (Å²) < 4.78 is 26.0. The molecule has 98 valence electrons. The van der Waals surface area contributed by atoms with Crippen molar-refractivity contribution in [3.05, 3.63) is 29.3 Å². The van der Waals surface area contributed by atoms with Crippen LogP contribution in [-0.4, -0.2) is 32.1 Å². The van der Waals surface area contributed by atoms with E-state index in [0.29, 0.717) is 31.0 Å². The molecule has 0 atom stereocenters. The molecule has 1 aromatic carbocycles. The largest absolute Gasteiger partial charge is 0.303 e. The van der Waals surface area contributed by atoms with Crippen molar-refractivity contribution in [3.8, 4) is 0 Å². The molecule has 1 aliphatic heterocycles. The first-order valence-electron chi connectivity index (χ1n) is 5.75.